The zero-order chi connectivity index (χ0) is 28.4. The number of anilines is 2. The van der Waals surface area contributed by atoms with E-state index >= 15 is 4.39 Å². The van der Waals surface area contributed by atoms with Crippen LogP contribution in [0.3, 0.4) is 0 Å². The zero-order valence-electron chi connectivity index (χ0n) is 22.5. The van der Waals surface area contributed by atoms with Crippen LogP contribution in [-0.2, 0) is 4.79 Å². The van der Waals surface area contributed by atoms with Crippen molar-refractivity contribution in [1.29, 1.82) is 0 Å². The lowest BCUT2D eigenvalue weighted by Gasteiger charge is -2.24. The molecule has 0 spiro atoms. The number of hydrogen-bond donors (Lipinski definition) is 2. The summed E-state index contributed by atoms with van der Waals surface area (Å²) in [5, 5.41) is 10.4. The van der Waals surface area contributed by atoms with Crippen molar-refractivity contribution in [2.45, 2.75) is 32.1 Å². The summed E-state index contributed by atoms with van der Waals surface area (Å²) in [6.45, 7) is 3.68. The molecule has 1 atom stereocenters. The highest BCUT2D eigenvalue weighted by molar-refractivity contribution is 7.22. The first-order valence-corrected chi connectivity index (χ1v) is 14.5. The van der Waals surface area contributed by atoms with Gasteiger partial charge in [0, 0.05) is 29.6 Å². The van der Waals surface area contributed by atoms with E-state index in [2.05, 4.69) is 26.9 Å². The molecule has 2 aliphatic heterocycles. The molecule has 4 heterocycles. The number of fused-ring (bicyclic) bond motifs is 2. The van der Waals surface area contributed by atoms with Crippen molar-refractivity contribution in [2.24, 2.45) is 5.92 Å². The SMILES string of the molecule is CN1CCCC1.COc1nc(N2CCCC(C(=O)O)CC2)c2cc(Cl)c(-c3cccc4sc(N)nc34)c(F)c2n1. The molecule has 0 aliphatic carbocycles. The molecular formula is C28H32ClFN6O3S. The number of carboxylic acid groups (broad SMARTS) is 1. The van der Waals surface area contributed by atoms with Crippen LogP contribution in [0.15, 0.2) is 24.3 Å². The molecule has 0 saturated carbocycles. The van der Waals surface area contributed by atoms with Crippen molar-refractivity contribution in [3.63, 3.8) is 0 Å². The largest absolute Gasteiger partial charge is 0.481 e. The highest BCUT2D eigenvalue weighted by atomic mass is 35.5. The van der Waals surface area contributed by atoms with E-state index in [0.29, 0.717) is 59.8 Å². The summed E-state index contributed by atoms with van der Waals surface area (Å²) in [6.07, 6.45) is 4.54. The van der Waals surface area contributed by atoms with Gasteiger partial charge in [-0.3, -0.25) is 4.79 Å². The second-order valence-electron chi connectivity index (χ2n) is 10.1. The Morgan fingerprint density at radius 3 is 2.58 bits per heavy atom. The highest BCUT2D eigenvalue weighted by Crippen LogP contribution is 2.42. The minimum Gasteiger partial charge on any atom is -0.481 e. The first kappa shape index (κ1) is 28.3. The Morgan fingerprint density at radius 2 is 1.90 bits per heavy atom. The van der Waals surface area contributed by atoms with Crippen molar-refractivity contribution in [2.75, 3.05) is 51.0 Å². The Hall–Kier alpha value is -3.28. The minimum atomic E-state index is -0.803. The molecule has 4 aromatic rings. The van der Waals surface area contributed by atoms with Crippen LogP contribution in [0.2, 0.25) is 5.02 Å². The maximum Gasteiger partial charge on any atom is 0.318 e. The van der Waals surface area contributed by atoms with Crippen LogP contribution in [0.4, 0.5) is 15.3 Å². The standard InChI is InChI=1S/C23H21ClFN5O3S.C5H11N/c1-33-23-28-19-13(20(29-23)30-8-3-4-11(7-9-30)21(31)32)10-14(24)16(17(19)25)12-5-2-6-15-18(12)27-22(26)34-15;1-6-4-2-3-5-6/h2,5-6,10-11H,3-4,7-9H2,1H3,(H2,26,27)(H,31,32);2-5H2,1H3. The van der Waals surface area contributed by atoms with Gasteiger partial charge in [0.1, 0.15) is 11.3 Å². The van der Waals surface area contributed by atoms with Gasteiger partial charge >= 0.3 is 12.0 Å². The molecule has 9 nitrogen and oxygen atoms in total. The van der Waals surface area contributed by atoms with Gasteiger partial charge in [-0.2, -0.15) is 9.97 Å². The normalized spacial score (nSPS) is 18.0. The number of benzene rings is 2. The van der Waals surface area contributed by atoms with Crippen LogP contribution in [0.1, 0.15) is 32.1 Å². The van der Waals surface area contributed by atoms with Crippen LogP contribution in [0.5, 0.6) is 6.01 Å². The third-order valence-corrected chi connectivity index (χ3v) is 8.58. The number of rotatable bonds is 4. The number of para-hydroxylation sites is 1. The summed E-state index contributed by atoms with van der Waals surface area (Å²) in [5.41, 5.74) is 7.23. The number of aromatic nitrogens is 3. The van der Waals surface area contributed by atoms with E-state index in [-0.39, 0.29) is 22.1 Å². The van der Waals surface area contributed by atoms with E-state index in [1.54, 1.807) is 18.2 Å². The first-order chi connectivity index (χ1) is 19.3. The number of nitrogens with two attached hydrogens (primary N) is 1. The van der Waals surface area contributed by atoms with Gasteiger partial charge in [0.2, 0.25) is 0 Å². The van der Waals surface area contributed by atoms with Gasteiger partial charge in [-0.1, -0.05) is 35.1 Å². The topological polar surface area (TPSA) is 118 Å². The van der Waals surface area contributed by atoms with E-state index in [0.717, 1.165) is 4.70 Å². The van der Waals surface area contributed by atoms with Crippen molar-refractivity contribution in [3.05, 3.63) is 35.1 Å². The smallest absolute Gasteiger partial charge is 0.318 e. The highest BCUT2D eigenvalue weighted by Gasteiger charge is 2.27. The zero-order valence-corrected chi connectivity index (χ0v) is 24.1. The number of methoxy groups -OCH3 is 1. The van der Waals surface area contributed by atoms with Gasteiger partial charge in [0.15, 0.2) is 10.9 Å². The van der Waals surface area contributed by atoms with Gasteiger partial charge in [0.05, 0.1) is 28.3 Å². The molecule has 2 aliphatic rings. The lowest BCUT2D eigenvalue weighted by Crippen LogP contribution is -2.26. The summed E-state index contributed by atoms with van der Waals surface area (Å²) >= 11 is 7.97. The fourth-order valence-corrected chi connectivity index (χ4v) is 6.39. The Kier molecular flexibility index (Phi) is 8.53. The van der Waals surface area contributed by atoms with Crippen LogP contribution < -0.4 is 15.4 Å². The first-order valence-electron chi connectivity index (χ1n) is 13.3. The number of aliphatic carboxylic acids is 1. The van der Waals surface area contributed by atoms with E-state index < -0.39 is 17.7 Å². The number of halogens is 2. The molecule has 2 fully saturated rings. The molecule has 6 rings (SSSR count). The minimum absolute atomic E-state index is 0.0183. The van der Waals surface area contributed by atoms with Gasteiger partial charge in [-0.15, -0.1) is 0 Å². The molecule has 1 unspecified atom stereocenters. The number of hydrogen-bond acceptors (Lipinski definition) is 9. The molecule has 0 radical (unpaired) electrons. The third kappa shape index (κ3) is 5.77. The molecule has 12 heteroatoms. The fourth-order valence-electron chi connectivity index (χ4n) is 5.34. The monoisotopic (exact) mass is 586 g/mol. The van der Waals surface area contributed by atoms with E-state index in [1.165, 1.54) is 44.4 Å². The molecule has 0 amide bonds. The van der Waals surface area contributed by atoms with Gasteiger partial charge in [0.25, 0.3) is 0 Å². The van der Waals surface area contributed by atoms with Gasteiger partial charge in [-0.25, -0.2) is 9.37 Å². The maximum absolute atomic E-state index is 16.1. The number of nitrogens with zero attached hydrogens (tertiary/aromatic N) is 5. The van der Waals surface area contributed by atoms with Gasteiger partial charge < -0.3 is 25.4 Å². The molecular weight excluding hydrogens is 555 g/mol. The number of carboxylic acids is 1. The molecule has 0 bridgehead atoms. The molecule has 2 aromatic carbocycles. The number of ether oxygens (including phenoxy) is 1. The number of thiazole rings is 1. The van der Waals surface area contributed by atoms with Crippen LogP contribution in [0, 0.1) is 11.7 Å². The number of likely N-dealkylation sites (tertiary alicyclic amines) is 1. The number of carbonyl (C=O) groups is 1. The predicted molar refractivity (Wildman–Crippen MR) is 158 cm³/mol. The maximum atomic E-state index is 16.1. The molecule has 2 saturated heterocycles. The number of nitrogen functional groups attached to an aromatic ring is 1. The summed E-state index contributed by atoms with van der Waals surface area (Å²) in [5.74, 6) is -1.36. The Balaban J connectivity index is 0.000000477. The van der Waals surface area contributed by atoms with Crippen LogP contribution >= 0.6 is 22.9 Å². The average Bonchev–Trinajstić information content (AvgIpc) is 3.48. The summed E-state index contributed by atoms with van der Waals surface area (Å²) in [6, 6.07) is 7.09. The lowest BCUT2D eigenvalue weighted by molar-refractivity contribution is -0.142. The Bertz CT molecular complexity index is 1540. The van der Waals surface area contributed by atoms with Crippen molar-refractivity contribution >= 4 is 61.0 Å². The quantitative estimate of drug-likeness (QED) is 0.311. The van der Waals surface area contributed by atoms with E-state index in [9.17, 15) is 9.90 Å². The molecule has 2 aromatic heterocycles. The predicted octanol–water partition coefficient (Wildman–Crippen LogP) is 5.69. The van der Waals surface area contributed by atoms with Gasteiger partial charge in [-0.05, 0) is 64.4 Å². The second-order valence-corrected chi connectivity index (χ2v) is 11.6. The second kappa shape index (κ2) is 12.1. The van der Waals surface area contributed by atoms with Crippen molar-refractivity contribution < 1.29 is 19.0 Å². The van der Waals surface area contributed by atoms with E-state index in [1.807, 2.05) is 11.0 Å². The van der Waals surface area contributed by atoms with Crippen molar-refractivity contribution in [1.82, 2.24) is 19.9 Å². The molecule has 40 heavy (non-hydrogen) atoms. The summed E-state index contributed by atoms with van der Waals surface area (Å²) in [7, 11) is 3.59. The Labute approximate surface area is 240 Å². The average molecular weight is 587 g/mol. The third-order valence-electron chi connectivity index (χ3n) is 7.44. The summed E-state index contributed by atoms with van der Waals surface area (Å²) < 4.78 is 22.2. The molecule has 212 valence electrons. The van der Waals surface area contributed by atoms with Crippen LogP contribution in [-0.4, -0.2) is 71.3 Å². The summed E-state index contributed by atoms with van der Waals surface area (Å²) in [4.78, 5) is 28.9. The van der Waals surface area contributed by atoms with E-state index in [4.69, 9.17) is 22.1 Å². The van der Waals surface area contributed by atoms with Crippen molar-refractivity contribution in [3.8, 4) is 17.1 Å². The lowest BCUT2D eigenvalue weighted by atomic mass is 10.0. The Morgan fingerprint density at radius 1 is 1.12 bits per heavy atom. The van der Waals surface area contributed by atoms with Crippen LogP contribution in [0.25, 0.3) is 32.2 Å². The molecule has 3 N–H and O–H groups in total. The fraction of sp³-hybridized carbons (Fsp3) is 0.429.